The summed E-state index contributed by atoms with van der Waals surface area (Å²) < 4.78 is 0. The molecule has 0 bridgehead atoms. The van der Waals surface area contributed by atoms with E-state index in [4.69, 9.17) is 0 Å². The fourth-order valence-electron chi connectivity index (χ4n) is 2.56. The summed E-state index contributed by atoms with van der Waals surface area (Å²) in [6, 6.07) is 13.1. The molecule has 0 aliphatic heterocycles. The molecule has 0 spiro atoms. The fourth-order valence-corrected chi connectivity index (χ4v) is 2.56. The second-order valence-corrected chi connectivity index (χ2v) is 6.14. The lowest BCUT2D eigenvalue weighted by Crippen LogP contribution is -2.23. The normalized spacial score (nSPS) is 10.2. The first kappa shape index (κ1) is 18.5. The summed E-state index contributed by atoms with van der Waals surface area (Å²) in [5.41, 5.74) is 4.49. The molecule has 0 fully saturated rings. The molecule has 2 aromatic rings. The molecule has 0 heterocycles. The van der Waals surface area contributed by atoms with E-state index in [1.165, 1.54) is 4.90 Å². The number of hydrogen-bond donors (Lipinski definition) is 2. The molecule has 0 radical (unpaired) electrons. The molecular weight excluding hydrogens is 314 g/mol. The van der Waals surface area contributed by atoms with Crippen LogP contribution in [-0.2, 0) is 11.2 Å². The summed E-state index contributed by atoms with van der Waals surface area (Å²) in [5.74, 6) is -0.145. The first-order chi connectivity index (χ1) is 11.9. The Bertz CT molecular complexity index is 752. The van der Waals surface area contributed by atoms with Gasteiger partial charge in [0, 0.05) is 31.0 Å². The van der Waals surface area contributed by atoms with Gasteiger partial charge in [-0.3, -0.25) is 9.59 Å². The number of carbonyl (C=O) groups is 2. The lowest BCUT2D eigenvalue weighted by Gasteiger charge is -2.14. The Balaban J connectivity index is 1.96. The first-order valence-electron chi connectivity index (χ1n) is 8.36. The van der Waals surface area contributed by atoms with E-state index in [0.717, 1.165) is 28.9 Å². The van der Waals surface area contributed by atoms with Crippen LogP contribution in [0.15, 0.2) is 42.5 Å². The van der Waals surface area contributed by atoms with Gasteiger partial charge in [-0.2, -0.15) is 0 Å². The summed E-state index contributed by atoms with van der Waals surface area (Å²) >= 11 is 0. The molecule has 0 aliphatic carbocycles. The Morgan fingerprint density at radius 2 is 1.72 bits per heavy atom. The van der Waals surface area contributed by atoms with Gasteiger partial charge in [-0.15, -0.1) is 0 Å². The van der Waals surface area contributed by atoms with Crippen molar-refractivity contribution in [3.05, 3.63) is 59.2 Å². The highest BCUT2D eigenvalue weighted by atomic mass is 16.2. The third-order valence-electron chi connectivity index (χ3n) is 4.00. The summed E-state index contributed by atoms with van der Waals surface area (Å²) in [7, 11) is 3.43. The molecule has 0 aromatic heterocycles. The van der Waals surface area contributed by atoms with E-state index in [-0.39, 0.29) is 18.4 Å². The smallest absolute Gasteiger partial charge is 0.253 e. The number of nitrogens with one attached hydrogen (secondary N) is 2. The molecule has 0 unspecified atom stereocenters. The average molecular weight is 339 g/mol. The van der Waals surface area contributed by atoms with Crippen molar-refractivity contribution in [1.82, 2.24) is 4.90 Å². The topological polar surface area (TPSA) is 61.4 Å². The standard InChI is InChI=1S/C20H25N3O2/c1-5-15-8-6-7-14(2)19(15)22-18(24)13-21-17-11-9-16(10-12-17)20(25)23(3)4/h6-12,21H,5,13H2,1-4H3,(H,22,24). The Hall–Kier alpha value is -2.82. The minimum atomic E-state index is -0.0996. The van der Waals surface area contributed by atoms with Crippen LogP contribution < -0.4 is 10.6 Å². The van der Waals surface area contributed by atoms with Crippen LogP contribution in [0.4, 0.5) is 11.4 Å². The van der Waals surface area contributed by atoms with Crippen LogP contribution >= 0.6 is 0 Å². The summed E-state index contributed by atoms with van der Waals surface area (Å²) in [6.07, 6.45) is 0.867. The molecule has 2 amide bonds. The van der Waals surface area contributed by atoms with Crippen LogP contribution in [-0.4, -0.2) is 37.4 Å². The maximum Gasteiger partial charge on any atom is 0.253 e. The second kappa shape index (κ2) is 8.33. The van der Waals surface area contributed by atoms with Gasteiger partial charge in [0.1, 0.15) is 0 Å². The summed E-state index contributed by atoms with van der Waals surface area (Å²) in [6.45, 7) is 4.22. The molecule has 25 heavy (non-hydrogen) atoms. The number of aryl methyl sites for hydroxylation is 2. The highest BCUT2D eigenvalue weighted by molar-refractivity contribution is 5.96. The van der Waals surface area contributed by atoms with Crippen molar-refractivity contribution in [2.75, 3.05) is 31.3 Å². The van der Waals surface area contributed by atoms with Crippen LogP contribution in [0, 0.1) is 6.92 Å². The van der Waals surface area contributed by atoms with Gasteiger partial charge in [0.05, 0.1) is 6.54 Å². The van der Waals surface area contributed by atoms with Gasteiger partial charge in [0.15, 0.2) is 0 Å². The second-order valence-electron chi connectivity index (χ2n) is 6.14. The van der Waals surface area contributed by atoms with Crippen LogP contribution in [0.25, 0.3) is 0 Å². The minimum absolute atomic E-state index is 0.0454. The lowest BCUT2D eigenvalue weighted by atomic mass is 10.1. The molecular formula is C20H25N3O2. The van der Waals surface area contributed by atoms with Gasteiger partial charge < -0.3 is 15.5 Å². The van der Waals surface area contributed by atoms with Crippen molar-refractivity contribution < 1.29 is 9.59 Å². The van der Waals surface area contributed by atoms with E-state index in [9.17, 15) is 9.59 Å². The maximum atomic E-state index is 12.2. The Kier molecular flexibility index (Phi) is 6.17. The summed E-state index contributed by atoms with van der Waals surface area (Å²) in [4.78, 5) is 25.6. The third-order valence-corrected chi connectivity index (χ3v) is 4.00. The molecule has 2 N–H and O–H groups in total. The molecule has 5 heteroatoms. The number of nitrogens with zero attached hydrogens (tertiary/aromatic N) is 1. The predicted molar refractivity (Wildman–Crippen MR) is 102 cm³/mol. The van der Waals surface area contributed by atoms with E-state index < -0.39 is 0 Å². The molecule has 0 saturated heterocycles. The number of benzene rings is 2. The van der Waals surface area contributed by atoms with Crippen LogP contribution in [0.5, 0.6) is 0 Å². The van der Waals surface area contributed by atoms with Crippen molar-refractivity contribution in [1.29, 1.82) is 0 Å². The molecule has 0 aliphatic rings. The molecule has 2 aromatic carbocycles. The van der Waals surface area contributed by atoms with E-state index in [1.54, 1.807) is 38.4 Å². The monoisotopic (exact) mass is 339 g/mol. The third kappa shape index (κ3) is 4.83. The number of amides is 2. The average Bonchev–Trinajstić information content (AvgIpc) is 2.61. The van der Waals surface area contributed by atoms with Crippen molar-refractivity contribution in [2.45, 2.75) is 20.3 Å². The molecule has 0 atom stereocenters. The van der Waals surface area contributed by atoms with Gasteiger partial charge in [-0.1, -0.05) is 25.1 Å². The first-order valence-corrected chi connectivity index (χ1v) is 8.36. The predicted octanol–water partition coefficient (Wildman–Crippen LogP) is 3.31. The molecule has 132 valence electrons. The Morgan fingerprint density at radius 3 is 2.32 bits per heavy atom. The van der Waals surface area contributed by atoms with Crippen LogP contribution in [0.3, 0.4) is 0 Å². The van der Waals surface area contributed by atoms with Crippen molar-refractivity contribution >= 4 is 23.2 Å². The SMILES string of the molecule is CCc1cccc(C)c1NC(=O)CNc1ccc(C(=O)N(C)C)cc1. The highest BCUT2D eigenvalue weighted by Crippen LogP contribution is 2.21. The van der Waals surface area contributed by atoms with Gasteiger partial charge in [0.25, 0.3) is 5.91 Å². The van der Waals surface area contributed by atoms with E-state index in [0.29, 0.717) is 5.56 Å². The molecule has 2 rings (SSSR count). The zero-order valence-corrected chi connectivity index (χ0v) is 15.2. The lowest BCUT2D eigenvalue weighted by molar-refractivity contribution is -0.114. The largest absolute Gasteiger partial charge is 0.376 e. The molecule has 5 nitrogen and oxygen atoms in total. The van der Waals surface area contributed by atoms with Gasteiger partial charge in [-0.05, 0) is 48.7 Å². The van der Waals surface area contributed by atoms with Crippen LogP contribution in [0.2, 0.25) is 0 Å². The molecule has 0 saturated carbocycles. The highest BCUT2D eigenvalue weighted by Gasteiger charge is 2.10. The number of rotatable bonds is 6. The number of anilines is 2. The van der Waals surface area contributed by atoms with E-state index in [1.807, 2.05) is 25.1 Å². The Labute approximate surface area is 149 Å². The van der Waals surface area contributed by atoms with Crippen molar-refractivity contribution in [3.8, 4) is 0 Å². The van der Waals surface area contributed by atoms with Gasteiger partial charge in [-0.25, -0.2) is 0 Å². The quantitative estimate of drug-likeness (QED) is 0.849. The van der Waals surface area contributed by atoms with Gasteiger partial charge in [0.2, 0.25) is 5.91 Å². The van der Waals surface area contributed by atoms with Crippen molar-refractivity contribution in [3.63, 3.8) is 0 Å². The van der Waals surface area contributed by atoms with Gasteiger partial charge >= 0.3 is 0 Å². The van der Waals surface area contributed by atoms with Crippen molar-refractivity contribution in [2.24, 2.45) is 0 Å². The number of para-hydroxylation sites is 1. The fraction of sp³-hybridized carbons (Fsp3) is 0.300. The van der Waals surface area contributed by atoms with E-state index in [2.05, 4.69) is 17.6 Å². The number of hydrogen-bond acceptors (Lipinski definition) is 3. The summed E-state index contributed by atoms with van der Waals surface area (Å²) in [5, 5.41) is 6.06. The number of carbonyl (C=O) groups excluding carboxylic acids is 2. The zero-order chi connectivity index (χ0) is 18.4. The van der Waals surface area contributed by atoms with E-state index >= 15 is 0 Å². The Morgan fingerprint density at radius 1 is 1.04 bits per heavy atom. The minimum Gasteiger partial charge on any atom is -0.376 e. The maximum absolute atomic E-state index is 12.2. The van der Waals surface area contributed by atoms with Crippen LogP contribution in [0.1, 0.15) is 28.4 Å². The zero-order valence-electron chi connectivity index (χ0n) is 15.2.